The molecule has 2 aromatic carbocycles. The van der Waals surface area contributed by atoms with E-state index in [1.807, 2.05) is 30.3 Å². The number of ether oxygens (including phenoxy) is 1. The SMILES string of the molecule is CC(C)c1ccc(OCCCN=C2C(=O)N(C(C)(C)C)S(=O)(=O)C2c2ccccc2)cc1. The minimum atomic E-state index is -3.91. The Kier molecular flexibility index (Phi) is 7.08. The van der Waals surface area contributed by atoms with Crippen LogP contribution in [0.1, 0.15) is 63.3 Å². The van der Waals surface area contributed by atoms with Gasteiger partial charge in [-0.3, -0.25) is 9.79 Å². The average molecular weight is 457 g/mol. The van der Waals surface area contributed by atoms with Gasteiger partial charge in [-0.05, 0) is 49.9 Å². The Labute approximate surface area is 191 Å². The fraction of sp³-hybridized carbons (Fsp3) is 0.440. The molecule has 1 atom stereocenters. The molecule has 7 heteroatoms. The molecule has 0 radical (unpaired) electrons. The Balaban J connectivity index is 1.74. The quantitative estimate of drug-likeness (QED) is 0.565. The zero-order chi connectivity index (χ0) is 23.5. The van der Waals surface area contributed by atoms with E-state index in [1.54, 1.807) is 45.0 Å². The van der Waals surface area contributed by atoms with Crippen LogP contribution in [0.4, 0.5) is 0 Å². The van der Waals surface area contributed by atoms with Crippen LogP contribution in [0.5, 0.6) is 5.75 Å². The Bertz CT molecular complexity index is 1070. The minimum Gasteiger partial charge on any atom is -0.494 e. The summed E-state index contributed by atoms with van der Waals surface area (Å²) >= 11 is 0. The summed E-state index contributed by atoms with van der Waals surface area (Å²) in [5.74, 6) is 0.699. The van der Waals surface area contributed by atoms with Crippen molar-refractivity contribution in [1.82, 2.24) is 4.31 Å². The van der Waals surface area contributed by atoms with Crippen LogP contribution in [-0.2, 0) is 14.8 Å². The summed E-state index contributed by atoms with van der Waals surface area (Å²) in [6, 6.07) is 16.8. The molecule has 1 unspecified atom stereocenters. The molecule has 1 aliphatic heterocycles. The highest BCUT2D eigenvalue weighted by Crippen LogP contribution is 2.38. The molecule has 6 nitrogen and oxygen atoms in total. The second kappa shape index (κ2) is 9.45. The van der Waals surface area contributed by atoms with Crippen LogP contribution < -0.4 is 4.74 Å². The average Bonchev–Trinajstić information content (AvgIpc) is 2.93. The van der Waals surface area contributed by atoms with Crippen molar-refractivity contribution in [1.29, 1.82) is 0 Å². The van der Waals surface area contributed by atoms with E-state index in [9.17, 15) is 13.2 Å². The molecule has 0 bridgehead atoms. The predicted octanol–water partition coefficient (Wildman–Crippen LogP) is 4.73. The van der Waals surface area contributed by atoms with Gasteiger partial charge in [-0.15, -0.1) is 0 Å². The molecule has 1 heterocycles. The lowest BCUT2D eigenvalue weighted by Gasteiger charge is -2.30. The van der Waals surface area contributed by atoms with Crippen molar-refractivity contribution < 1.29 is 17.9 Å². The predicted molar refractivity (Wildman–Crippen MR) is 128 cm³/mol. The van der Waals surface area contributed by atoms with E-state index in [1.165, 1.54) is 5.56 Å². The molecule has 0 spiro atoms. The molecule has 1 saturated heterocycles. The zero-order valence-electron chi connectivity index (χ0n) is 19.4. The van der Waals surface area contributed by atoms with Crippen LogP contribution >= 0.6 is 0 Å². The second-order valence-corrected chi connectivity index (χ2v) is 11.1. The van der Waals surface area contributed by atoms with E-state index < -0.39 is 26.7 Å². The van der Waals surface area contributed by atoms with E-state index >= 15 is 0 Å². The number of sulfonamides is 1. The van der Waals surface area contributed by atoms with E-state index in [0.717, 1.165) is 10.1 Å². The van der Waals surface area contributed by atoms with E-state index in [4.69, 9.17) is 4.74 Å². The van der Waals surface area contributed by atoms with Crippen molar-refractivity contribution in [3.05, 3.63) is 65.7 Å². The third kappa shape index (κ3) is 5.04. The van der Waals surface area contributed by atoms with Crippen molar-refractivity contribution in [3.8, 4) is 5.75 Å². The smallest absolute Gasteiger partial charge is 0.283 e. The lowest BCUT2D eigenvalue weighted by atomic mass is 10.0. The molecule has 1 fully saturated rings. The van der Waals surface area contributed by atoms with Gasteiger partial charge < -0.3 is 4.74 Å². The summed E-state index contributed by atoms with van der Waals surface area (Å²) in [5.41, 5.74) is 1.01. The summed E-state index contributed by atoms with van der Waals surface area (Å²) < 4.78 is 33.4. The Hall–Kier alpha value is -2.67. The van der Waals surface area contributed by atoms with E-state index in [2.05, 4.69) is 18.8 Å². The molecule has 0 N–H and O–H groups in total. The third-order valence-corrected chi connectivity index (χ3v) is 7.63. The third-order valence-electron chi connectivity index (χ3n) is 5.32. The fourth-order valence-electron chi connectivity index (χ4n) is 3.78. The molecule has 1 aliphatic rings. The van der Waals surface area contributed by atoms with Gasteiger partial charge in [0.1, 0.15) is 11.5 Å². The molecule has 172 valence electrons. The maximum absolute atomic E-state index is 13.3. The lowest BCUT2D eigenvalue weighted by Crippen LogP contribution is -2.45. The summed E-state index contributed by atoms with van der Waals surface area (Å²) in [6.07, 6.45) is 0.569. The number of carbonyl (C=O) groups excluding carboxylic acids is 1. The molecule has 0 aliphatic carbocycles. The van der Waals surface area contributed by atoms with E-state index in [0.29, 0.717) is 31.1 Å². The van der Waals surface area contributed by atoms with Gasteiger partial charge in [0.05, 0.1) is 12.1 Å². The maximum Gasteiger partial charge on any atom is 0.283 e. The van der Waals surface area contributed by atoms with Gasteiger partial charge in [0.2, 0.25) is 0 Å². The van der Waals surface area contributed by atoms with Gasteiger partial charge in [-0.25, -0.2) is 12.7 Å². The molecular weight excluding hydrogens is 424 g/mol. The molecule has 1 amide bonds. The Morgan fingerprint density at radius 1 is 1.03 bits per heavy atom. The number of carbonyl (C=O) groups is 1. The Morgan fingerprint density at radius 2 is 1.66 bits per heavy atom. The molecule has 2 aromatic rings. The highest BCUT2D eigenvalue weighted by atomic mass is 32.2. The number of hydrogen-bond acceptors (Lipinski definition) is 5. The lowest BCUT2D eigenvalue weighted by molar-refractivity contribution is -0.122. The molecule has 0 saturated carbocycles. The van der Waals surface area contributed by atoms with Crippen molar-refractivity contribution in [2.45, 2.75) is 57.7 Å². The van der Waals surface area contributed by atoms with Gasteiger partial charge in [-0.1, -0.05) is 56.3 Å². The first-order chi connectivity index (χ1) is 15.0. The molecule has 0 aromatic heterocycles. The number of rotatable bonds is 7. The number of amides is 1. The fourth-order valence-corrected chi connectivity index (χ4v) is 6.03. The van der Waals surface area contributed by atoms with Crippen LogP contribution in [-0.4, -0.2) is 43.0 Å². The van der Waals surface area contributed by atoms with Gasteiger partial charge in [0.15, 0.2) is 5.25 Å². The van der Waals surface area contributed by atoms with Gasteiger partial charge in [-0.2, -0.15) is 0 Å². The van der Waals surface area contributed by atoms with Crippen molar-refractivity contribution in [3.63, 3.8) is 0 Å². The van der Waals surface area contributed by atoms with Gasteiger partial charge in [0.25, 0.3) is 15.9 Å². The summed E-state index contributed by atoms with van der Waals surface area (Å²) in [4.78, 5) is 17.6. The standard InChI is InChI=1S/C25H32N2O4S/c1-18(2)19-12-14-21(15-13-19)31-17-9-16-26-22-23(20-10-7-6-8-11-20)32(29,30)27(24(22)28)25(3,4)5/h6-8,10-15,18,23H,9,16-17H2,1-5H3. The second-order valence-electron chi connectivity index (χ2n) is 9.27. The zero-order valence-corrected chi connectivity index (χ0v) is 20.2. The Morgan fingerprint density at radius 3 is 2.22 bits per heavy atom. The minimum absolute atomic E-state index is 0.0763. The molecule has 32 heavy (non-hydrogen) atoms. The topological polar surface area (TPSA) is 76.0 Å². The van der Waals surface area contributed by atoms with Crippen molar-refractivity contribution in [2.75, 3.05) is 13.2 Å². The van der Waals surface area contributed by atoms with Crippen LogP contribution in [0, 0.1) is 0 Å². The summed E-state index contributed by atoms with van der Waals surface area (Å²) in [7, 11) is -3.91. The first kappa shape index (κ1) is 24.0. The monoisotopic (exact) mass is 456 g/mol. The first-order valence-corrected chi connectivity index (χ1v) is 12.4. The number of benzene rings is 2. The van der Waals surface area contributed by atoms with Gasteiger partial charge >= 0.3 is 0 Å². The first-order valence-electron chi connectivity index (χ1n) is 10.9. The largest absolute Gasteiger partial charge is 0.494 e. The van der Waals surface area contributed by atoms with Crippen molar-refractivity contribution >= 4 is 21.6 Å². The number of hydrogen-bond donors (Lipinski definition) is 0. The van der Waals surface area contributed by atoms with Crippen LogP contribution in [0.2, 0.25) is 0 Å². The number of nitrogens with zero attached hydrogens (tertiary/aromatic N) is 2. The van der Waals surface area contributed by atoms with Crippen LogP contribution in [0.15, 0.2) is 59.6 Å². The van der Waals surface area contributed by atoms with E-state index in [-0.39, 0.29) is 5.71 Å². The number of aliphatic imine (C=N–C) groups is 1. The van der Waals surface area contributed by atoms with Gasteiger partial charge in [0, 0.05) is 13.0 Å². The summed E-state index contributed by atoms with van der Waals surface area (Å²) in [5, 5.41) is -1.08. The molecule has 3 rings (SSSR count). The maximum atomic E-state index is 13.3. The normalized spacial score (nSPS) is 19.7. The van der Waals surface area contributed by atoms with Crippen molar-refractivity contribution in [2.24, 2.45) is 4.99 Å². The highest BCUT2D eigenvalue weighted by molar-refractivity contribution is 7.91. The highest BCUT2D eigenvalue weighted by Gasteiger charge is 2.54. The van der Waals surface area contributed by atoms with Crippen LogP contribution in [0.25, 0.3) is 0 Å². The van der Waals surface area contributed by atoms with Crippen LogP contribution in [0.3, 0.4) is 0 Å². The molecular formula is C25H32N2O4S. The summed E-state index contributed by atoms with van der Waals surface area (Å²) in [6.45, 7) is 10.2.